The third kappa shape index (κ3) is 1.94. The molecule has 3 aromatic carbocycles. The molecule has 2 unspecified atom stereocenters. The smallest absolute Gasteiger partial charge is 0.307 e. The average Bonchev–Trinajstić information content (AvgIpc) is 3.29. The number of ether oxygens (including phenoxy) is 1. The maximum absolute atomic E-state index is 12.4. The summed E-state index contributed by atoms with van der Waals surface area (Å²) in [6.07, 6.45) is 2.36. The number of hydrogen-bond donors (Lipinski definition) is 0. The molecular formula is C24H18O3. The van der Waals surface area contributed by atoms with Crippen LogP contribution in [0.2, 0.25) is 0 Å². The zero-order valence-corrected chi connectivity index (χ0v) is 14.8. The molecule has 0 spiro atoms. The molecule has 2 aliphatic rings. The zero-order chi connectivity index (χ0) is 18.0. The molecule has 3 heteroatoms. The maximum atomic E-state index is 12.4. The molecule has 2 atom stereocenters. The highest BCUT2D eigenvalue weighted by Gasteiger charge is 2.56. The third-order valence-corrected chi connectivity index (χ3v) is 6.23. The van der Waals surface area contributed by atoms with E-state index in [1.807, 2.05) is 24.3 Å². The van der Waals surface area contributed by atoms with E-state index >= 15 is 0 Å². The van der Waals surface area contributed by atoms with E-state index in [1.165, 1.54) is 10.9 Å². The summed E-state index contributed by atoms with van der Waals surface area (Å²) in [6, 6.07) is 22.8. The van der Waals surface area contributed by atoms with Crippen molar-refractivity contribution in [3.05, 3.63) is 83.6 Å². The number of aryl methyl sites for hydroxylation is 1. The van der Waals surface area contributed by atoms with Crippen LogP contribution in [0.1, 0.15) is 29.7 Å². The van der Waals surface area contributed by atoms with Crippen molar-refractivity contribution in [2.24, 2.45) is 5.92 Å². The lowest BCUT2D eigenvalue weighted by Gasteiger charge is -2.37. The van der Waals surface area contributed by atoms with Crippen molar-refractivity contribution in [1.29, 1.82) is 0 Å². The highest BCUT2D eigenvalue weighted by molar-refractivity contribution is 6.06. The normalized spacial score (nSPS) is 24.0. The van der Waals surface area contributed by atoms with Gasteiger partial charge in [0.2, 0.25) is 0 Å². The topological polar surface area (TPSA) is 39.4 Å². The summed E-state index contributed by atoms with van der Waals surface area (Å²) in [4.78, 5) is 12.4. The Morgan fingerprint density at radius 2 is 1.78 bits per heavy atom. The number of rotatable bonds is 1. The van der Waals surface area contributed by atoms with Gasteiger partial charge >= 0.3 is 5.97 Å². The molecule has 1 fully saturated rings. The van der Waals surface area contributed by atoms with Gasteiger partial charge < -0.3 is 9.15 Å². The molecule has 1 aliphatic heterocycles. The number of benzene rings is 3. The van der Waals surface area contributed by atoms with Gasteiger partial charge in [-0.15, -0.1) is 0 Å². The number of esters is 1. The third-order valence-electron chi connectivity index (χ3n) is 6.23. The lowest BCUT2D eigenvalue weighted by atomic mass is 9.70. The quantitative estimate of drug-likeness (QED) is 0.433. The minimum absolute atomic E-state index is 0.117. The van der Waals surface area contributed by atoms with E-state index in [0.717, 1.165) is 40.5 Å². The SMILES string of the molecule is O=C1CC2CCc3ccccc3C2(c2cc3c(ccc4ccccc43)o2)O1. The Morgan fingerprint density at radius 1 is 0.926 bits per heavy atom. The van der Waals surface area contributed by atoms with Gasteiger partial charge in [0.1, 0.15) is 5.58 Å². The standard InChI is InChI=1S/C24H18O3/c25-23-13-17-11-9-16-6-2-4-8-20(16)24(17,27-23)22-14-19-18-7-3-1-5-15(18)10-12-21(19)26-22/h1-8,10,12,14,17H,9,11,13H2. The number of furan rings is 1. The number of fused-ring (bicyclic) bond motifs is 6. The van der Waals surface area contributed by atoms with Gasteiger partial charge in [-0.05, 0) is 41.3 Å². The summed E-state index contributed by atoms with van der Waals surface area (Å²) >= 11 is 0. The lowest BCUT2D eigenvalue weighted by Crippen LogP contribution is -2.38. The monoisotopic (exact) mass is 354 g/mol. The first-order valence-corrected chi connectivity index (χ1v) is 9.48. The molecule has 2 heterocycles. The van der Waals surface area contributed by atoms with Crippen molar-refractivity contribution in [2.75, 3.05) is 0 Å². The Labute approximate surface area is 156 Å². The molecule has 1 aliphatic carbocycles. The van der Waals surface area contributed by atoms with Crippen LogP contribution in [0.4, 0.5) is 0 Å². The van der Waals surface area contributed by atoms with E-state index in [1.54, 1.807) is 0 Å². The highest BCUT2D eigenvalue weighted by Crippen LogP contribution is 2.53. The van der Waals surface area contributed by atoms with Gasteiger partial charge in [-0.3, -0.25) is 4.79 Å². The molecule has 3 nitrogen and oxygen atoms in total. The maximum Gasteiger partial charge on any atom is 0.307 e. The molecule has 0 radical (unpaired) electrons. The van der Waals surface area contributed by atoms with Crippen LogP contribution in [0.5, 0.6) is 0 Å². The summed E-state index contributed by atoms with van der Waals surface area (Å²) < 4.78 is 12.4. The molecule has 1 aromatic heterocycles. The lowest BCUT2D eigenvalue weighted by molar-refractivity contribution is -0.148. The van der Waals surface area contributed by atoms with Crippen LogP contribution < -0.4 is 0 Å². The fraction of sp³-hybridized carbons (Fsp3) is 0.208. The van der Waals surface area contributed by atoms with E-state index in [0.29, 0.717) is 6.42 Å². The summed E-state index contributed by atoms with van der Waals surface area (Å²) in [5.74, 6) is 0.727. The summed E-state index contributed by atoms with van der Waals surface area (Å²) in [5, 5.41) is 3.41. The number of hydrogen-bond acceptors (Lipinski definition) is 3. The molecule has 132 valence electrons. The molecule has 0 bridgehead atoms. The van der Waals surface area contributed by atoms with Gasteiger partial charge in [-0.25, -0.2) is 0 Å². The van der Waals surface area contributed by atoms with Crippen LogP contribution in [0.3, 0.4) is 0 Å². The largest absolute Gasteiger partial charge is 0.456 e. The van der Waals surface area contributed by atoms with Crippen molar-refractivity contribution in [1.82, 2.24) is 0 Å². The molecular weight excluding hydrogens is 336 g/mol. The van der Waals surface area contributed by atoms with Gasteiger partial charge in [0, 0.05) is 16.9 Å². The second-order valence-corrected chi connectivity index (χ2v) is 7.62. The van der Waals surface area contributed by atoms with Gasteiger partial charge in [0.15, 0.2) is 11.4 Å². The van der Waals surface area contributed by atoms with Crippen LogP contribution in [-0.4, -0.2) is 5.97 Å². The molecule has 0 amide bonds. The van der Waals surface area contributed by atoms with Crippen LogP contribution >= 0.6 is 0 Å². The van der Waals surface area contributed by atoms with Gasteiger partial charge in [0.25, 0.3) is 0 Å². The Morgan fingerprint density at radius 3 is 2.74 bits per heavy atom. The van der Waals surface area contributed by atoms with Gasteiger partial charge in [-0.2, -0.15) is 0 Å². The van der Waals surface area contributed by atoms with Crippen molar-refractivity contribution in [3.8, 4) is 0 Å². The Balaban J connectivity index is 1.66. The Kier molecular flexibility index (Phi) is 2.91. The molecule has 27 heavy (non-hydrogen) atoms. The molecule has 1 saturated heterocycles. The highest BCUT2D eigenvalue weighted by atomic mass is 16.6. The van der Waals surface area contributed by atoms with Gasteiger partial charge in [-0.1, -0.05) is 54.6 Å². The molecule has 4 aromatic rings. The molecule has 0 saturated carbocycles. The first kappa shape index (κ1) is 15.0. The van der Waals surface area contributed by atoms with Crippen molar-refractivity contribution in [3.63, 3.8) is 0 Å². The second kappa shape index (κ2) is 5.23. The first-order valence-electron chi connectivity index (χ1n) is 9.48. The fourth-order valence-corrected chi connectivity index (χ4v) is 5.02. The Bertz CT molecular complexity index is 1220. The van der Waals surface area contributed by atoms with Crippen LogP contribution in [-0.2, 0) is 21.6 Å². The zero-order valence-electron chi connectivity index (χ0n) is 14.8. The van der Waals surface area contributed by atoms with E-state index in [4.69, 9.17) is 9.15 Å². The minimum Gasteiger partial charge on any atom is -0.456 e. The first-order chi connectivity index (χ1) is 13.3. The van der Waals surface area contributed by atoms with E-state index in [9.17, 15) is 4.79 Å². The van der Waals surface area contributed by atoms with Gasteiger partial charge in [0.05, 0.1) is 6.42 Å². The Hall–Kier alpha value is -3.07. The fourth-order valence-electron chi connectivity index (χ4n) is 5.02. The van der Waals surface area contributed by atoms with E-state index in [-0.39, 0.29) is 11.9 Å². The van der Waals surface area contributed by atoms with E-state index in [2.05, 4.69) is 42.5 Å². The van der Waals surface area contributed by atoms with E-state index < -0.39 is 5.60 Å². The van der Waals surface area contributed by atoms with Crippen LogP contribution in [0, 0.1) is 5.92 Å². The number of carbonyl (C=O) groups is 1. The van der Waals surface area contributed by atoms with Crippen LogP contribution in [0.15, 0.2) is 71.1 Å². The summed E-state index contributed by atoms with van der Waals surface area (Å²) in [6.45, 7) is 0. The average molecular weight is 354 g/mol. The molecule has 0 N–H and O–H groups in total. The second-order valence-electron chi connectivity index (χ2n) is 7.62. The van der Waals surface area contributed by atoms with Crippen molar-refractivity contribution < 1.29 is 13.9 Å². The summed E-state index contributed by atoms with van der Waals surface area (Å²) in [5.41, 5.74) is 2.36. The predicted molar refractivity (Wildman–Crippen MR) is 103 cm³/mol. The number of carbonyl (C=O) groups excluding carboxylic acids is 1. The predicted octanol–water partition coefficient (Wildman–Crippen LogP) is 5.34. The van der Waals surface area contributed by atoms with Crippen LogP contribution in [0.25, 0.3) is 21.7 Å². The van der Waals surface area contributed by atoms with Crippen molar-refractivity contribution in [2.45, 2.75) is 24.9 Å². The van der Waals surface area contributed by atoms with Crippen molar-refractivity contribution >= 4 is 27.7 Å². The summed E-state index contributed by atoms with van der Waals surface area (Å²) in [7, 11) is 0. The molecule has 6 rings (SSSR count). The minimum atomic E-state index is -0.800.